The number of hydrogen-bond acceptors (Lipinski definition) is 4. The van der Waals surface area contributed by atoms with E-state index in [0.717, 1.165) is 16.9 Å². The molecule has 2 rings (SSSR count). The van der Waals surface area contributed by atoms with Crippen LogP contribution >= 0.6 is 0 Å². The summed E-state index contributed by atoms with van der Waals surface area (Å²) in [7, 11) is 1.60. The van der Waals surface area contributed by atoms with Crippen molar-refractivity contribution >= 4 is 5.97 Å². The highest BCUT2D eigenvalue weighted by molar-refractivity contribution is 5.69. The van der Waals surface area contributed by atoms with E-state index in [2.05, 4.69) is 5.16 Å². The molecule has 94 valence electrons. The molecular formula is C13H13NO4. The monoisotopic (exact) mass is 247 g/mol. The molecule has 0 radical (unpaired) electrons. The summed E-state index contributed by atoms with van der Waals surface area (Å²) in [6.45, 7) is 0. The maximum absolute atomic E-state index is 10.6. The number of benzene rings is 1. The number of ether oxygens (including phenoxy) is 1. The molecular weight excluding hydrogens is 234 g/mol. The van der Waals surface area contributed by atoms with Crippen molar-refractivity contribution in [3.8, 4) is 16.9 Å². The summed E-state index contributed by atoms with van der Waals surface area (Å²) in [5.41, 5.74) is 2.34. The van der Waals surface area contributed by atoms with Crippen LogP contribution in [-0.4, -0.2) is 23.3 Å². The zero-order chi connectivity index (χ0) is 13.0. The van der Waals surface area contributed by atoms with Crippen LogP contribution in [0, 0.1) is 0 Å². The first kappa shape index (κ1) is 12.2. The molecule has 2 aromatic rings. The van der Waals surface area contributed by atoms with Gasteiger partial charge in [-0.1, -0.05) is 17.3 Å². The van der Waals surface area contributed by atoms with Gasteiger partial charge in [-0.05, 0) is 17.7 Å². The molecule has 1 aromatic carbocycles. The maximum atomic E-state index is 10.6. The summed E-state index contributed by atoms with van der Waals surface area (Å²) in [6.07, 6.45) is 1.90. The lowest BCUT2D eigenvalue weighted by atomic mass is 10.0. The van der Waals surface area contributed by atoms with Crippen molar-refractivity contribution < 1.29 is 19.2 Å². The predicted molar refractivity (Wildman–Crippen MR) is 64.4 cm³/mol. The topological polar surface area (TPSA) is 72.6 Å². The Hall–Kier alpha value is -2.30. The van der Waals surface area contributed by atoms with Gasteiger partial charge in [0.1, 0.15) is 12.0 Å². The van der Waals surface area contributed by atoms with Gasteiger partial charge in [-0.3, -0.25) is 4.79 Å². The second kappa shape index (κ2) is 5.35. The van der Waals surface area contributed by atoms with Gasteiger partial charge in [0.2, 0.25) is 0 Å². The van der Waals surface area contributed by atoms with Crippen LogP contribution in [0.3, 0.4) is 0 Å². The molecule has 1 N–H and O–H groups in total. The highest BCUT2D eigenvalue weighted by Gasteiger charge is 2.12. The van der Waals surface area contributed by atoms with Gasteiger partial charge < -0.3 is 14.4 Å². The van der Waals surface area contributed by atoms with Crippen LogP contribution < -0.4 is 4.74 Å². The number of aryl methyl sites for hydroxylation is 1. The van der Waals surface area contributed by atoms with Crippen molar-refractivity contribution in [3.05, 3.63) is 36.2 Å². The number of rotatable bonds is 5. The molecule has 0 aliphatic rings. The lowest BCUT2D eigenvalue weighted by molar-refractivity contribution is -0.136. The van der Waals surface area contributed by atoms with Crippen molar-refractivity contribution in [2.75, 3.05) is 7.11 Å². The van der Waals surface area contributed by atoms with Gasteiger partial charge in [-0.25, -0.2) is 0 Å². The summed E-state index contributed by atoms with van der Waals surface area (Å²) in [4.78, 5) is 10.6. The largest absolute Gasteiger partial charge is 0.497 e. The second-order valence-electron chi connectivity index (χ2n) is 3.80. The fourth-order valence-electron chi connectivity index (χ4n) is 1.69. The first-order valence-electron chi connectivity index (χ1n) is 5.50. The molecule has 5 heteroatoms. The van der Waals surface area contributed by atoms with Crippen molar-refractivity contribution in [1.82, 2.24) is 5.16 Å². The summed E-state index contributed by atoms with van der Waals surface area (Å²) < 4.78 is 10.1. The predicted octanol–water partition coefficient (Wildman–Crippen LogP) is 2.37. The Balaban J connectivity index is 2.27. The van der Waals surface area contributed by atoms with Crippen LogP contribution in [0.5, 0.6) is 5.75 Å². The fourth-order valence-corrected chi connectivity index (χ4v) is 1.69. The Bertz CT molecular complexity index is 547. The number of aromatic nitrogens is 1. The quantitative estimate of drug-likeness (QED) is 0.878. The summed E-state index contributed by atoms with van der Waals surface area (Å²) in [5.74, 6) is -0.118. The number of nitrogens with zero attached hydrogens (tertiary/aromatic N) is 1. The lowest BCUT2D eigenvalue weighted by Gasteiger charge is -2.03. The van der Waals surface area contributed by atoms with Gasteiger partial charge in [0.15, 0.2) is 0 Å². The molecule has 0 bridgehead atoms. The summed E-state index contributed by atoms with van der Waals surface area (Å²) in [6, 6.07) is 7.46. The average molecular weight is 247 g/mol. The molecule has 0 aliphatic carbocycles. The molecule has 0 aliphatic heterocycles. The number of carbonyl (C=O) groups is 1. The smallest absolute Gasteiger partial charge is 0.303 e. The number of carboxylic acid groups (broad SMARTS) is 1. The Kier molecular flexibility index (Phi) is 3.62. The zero-order valence-corrected chi connectivity index (χ0v) is 9.92. The molecule has 5 nitrogen and oxygen atoms in total. The molecule has 0 saturated carbocycles. The third kappa shape index (κ3) is 2.68. The van der Waals surface area contributed by atoms with Crippen molar-refractivity contribution in [1.29, 1.82) is 0 Å². The van der Waals surface area contributed by atoms with E-state index in [1.54, 1.807) is 7.11 Å². The normalized spacial score (nSPS) is 10.3. The van der Waals surface area contributed by atoms with E-state index in [4.69, 9.17) is 14.4 Å². The second-order valence-corrected chi connectivity index (χ2v) is 3.80. The summed E-state index contributed by atoms with van der Waals surface area (Å²) >= 11 is 0. The highest BCUT2D eigenvalue weighted by atomic mass is 16.5. The van der Waals surface area contributed by atoms with E-state index in [0.29, 0.717) is 12.1 Å². The van der Waals surface area contributed by atoms with E-state index in [1.165, 1.54) is 6.26 Å². The Morgan fingerprint density at radius 3 is 3.06 bits per heavy atom. The van der Waals surface area contributed by atoms with Gasteiger partial charge in [0.05, 0.1) is 19.2 Å². The number of carboxylic acids is 1. The van der Waals surface area contributed by atoms with Gasteiger partial charge in [0, 0.05) is 12.0 Å². The lowest BCUT2D eigenvalue weighted by Crippen LogP contribution is -1.98. The molecule has 0 amide bonds. The molecule has 0 atom stereocenters. The minimum atomic E-state index is -0.852. The Morgan fingerprint density at radius 2 is 2.33 bits per heavy atom. The van der Waals surface area contributed by atoms with E-state index in [1.807, 2.05) is 24.3 Å². The van der Waals surface area contributed by atoms with Crippen LogP contribution in [0.4, 0.5) is 0 Å². The molecule has 1 aromatic heterocycles. The van der Waals surface area contributed by atoms with Crippen LogP contribution in [0.1, 0.15) is 12.1 Å². The Morgan fingerprint density at radius 1 is 1.50 bits per heavy atom. The molecule has 1 heterocycles. The van der Waals surface area contributed by atoms with E-state index >= 15 is 0 Å². The SMILES string of the molecule is COc1cccc(-c2conc2CCC(=O)O)c1. The van der Waals surface area contributed by atoms with Crippen LogP contribution in [0.15, 0.2) is 35.1 Å². The van der Waals surface area contributed by atoms with E-state index < -0.39 is 5.97 Å². The van der Waals surface area contributed by atoms with Crippen molar-refractivity contribution in [2.45, 2.75) is 12.8 Å². The first-order chi connectivity index (χ1) is 8.70. The van der Waals surface area contributed by atoms with Crippen molar-refractivity contribution in [2.24, 2.45) is 0 Å². The third-order valence-electron chi connectivity index (χ3n) is 2.60. The highest BCUT2D eigenvalue weighted by Crippen LogP contribution is 2.27. The van der Waals surface area contributed by atoms with Crippen LogP contribution in [-0.2, 0) is 11.2 Å². The molecule has 0 unspecified atom stereocenters. The van der Waals surface area contributed by atoms with Crippen molar-refractivity contribution in [3.63, 3.8) is 0 Å². The molecule has 0 fully saturated rings. The minimum absolute atomic E-state index is 0.0313. The minimum Gasteiger partial charge on any atom is -0.497 e. The molecule has 18 heavy (non-hydrogen) atoms. The summed E-state index contributed by atoms with van der Waals surface area (Å²) in [5, 5.41) is 12.5. The average Bonchev–Trinajstić information content (AvgIpc) is 2.84. The first-order valence-corrected chi connectivity index (χ1v) is 5.50. The fraction of sp³-hybridized carbons (Fsp3) is 0.231. The van der Waals surface area contributed by atoms with Gasteiger partial charge in [-0.15, -0.1) is 0 Å². The zero-order valence-electron chi connectivity index (χ0n) is 9.92. The van der Waals surface area contributed by atoms with Crippen LogP contribution in [0.25, 0.3) is 11.1 Å². The number of hydrogen-bond donors (Lipinski definition) is 1. The number of methoxy groups -OCH3 is 1. The van der Waals surface area contributed by atoms with Gasteiger partial charge in [-0.2, -0.15) is 0 Å². The van der Waals surface area contributed by atoms with Gasteiger partial charge in [0.25, 0.3) is 0 Å². The maximum Gasteiger partial charge on any atom is 0.303 e. The van der Waals surface area contributed by atoms with E-state index in [9.17, 15) is 4.79 Å². The molecule has 0 spiro atoms. The standard InChI is InChI=1S/C13H13NO4/c1-17-10-4-2-3-9(7-10)11-8-18-14-12(11)5-6-13(15)16/h2-4,7-8H,5-6H2,1H3,(H,15,16). The van der Waals surface area contributed by atoms with E-state index in [-0.39, 0.29) is 6.42 Å². The number of aliphatic carboxylic acids is 1. The van der Waals surface area contributed by atoms with Crippen LogP contribution in [0.2, 0.25) is 0 Å². The van der Waals surface area contributed by atoms with Gasteiger partial charge >= 0.3 is 5.97 Å². The Labute approximate surface area is 104 Å². The third-order valence-corrected chi connectivity index (χ3v) is 2.60. The molecule has 0 saturated heterocycles.